The number of benzene rings is 1. The van der Waals surface area contributed by atoms with Crippen molar-refractivity contribution in [3.63, 3.8) is 0 Å². The highest BCUT2D eigenvalue weighted by molar-refractivity contribution is 7.11. The lowest BCUT2D eigenvalue weighted by atomic mass is 10.0. The molecule has 1 aromatic heterocycles. The van der Waals surface area contributed by atoms with Crippen LogP contribution in [-0.4, -0.2) is 0 Å². The molecule has 1 aromatic carbocycles. The van der Waals surface area contributed by atoms with E-state index in [9.17, 15) is 13.2 Å². The van der Waals surface area contributed by atoms with Gasteiger partial charge in [0.2, 0.25) is 0 Å². The van der Waals surface area contributed by atoms with E-state index in [1.165, 1.54) is 4.88 Å². The first-order valence-electron chi connectivity index (χ1n) is 6.23. The third kappa shape index (κ3) is 3.20. The van der Waals surface area contributed by atoms with E-state index in [0.29, 0.717) is 6.42 Å². The van der Waals surface area contributed by atoms with E-state index >= 15 is 0 Å². The van der Waals surface area contributed by atoms with Crippen molar-refractivity contribution >= 4 is 11.3 Å². The largest absolute Gasteiger partial charge is 0.271 e. The summed E-state index contributed by atoms with van der Waals surface area (Å²) < 4.78 is 39.5. The van der Waals surface area contributed by atoms with Crippen LogP contribution in [0.15, 0.2) is 24.3 Å². The molecule has 20 heavy (non-hydrogen) atoms. The van der Waals surface area contributed by atoms with Gasteiger partial charge in [-0.15, -0.1) is 11.3 Å². The molecule has 2 rings (SSSR count). The number of hydrazine groups is 1. The summed E-state index contributed by atoms with van der Waals surface area (Å²) in [6, 6.07) is 5.45. The normalized spacial score (nSPS) is 12.7. The summed E-state index contributed by atoms with van der Waals surface area (Å²) in [4.78, 5) is 2.28. The highest BCUT2D eigenvalue weighted by Crippen LogP contribution is 2.25. The fraction of sp³-hybridized carbons (Fsp3) is 0.286. The maximum absolute atomic E-state index is 13.3. The monoisotopic (exact) mass is 300 g/mol. The molecule has 2 nitrogen and oxygen atoms in total. The molecular formula is C14H15F3N2S. The van der Waals surface area contributed by atoms with E-state index in [-0.39, 0.29) is 5.56 Å². The molecule has 0 spiro atoms. The van der Waals surface area contributed by atoms with Gasteiger partial charge in [-0.3, -0.25) is 11.3 Å². The summed E-state index contributed by atoms with van der Waals surface area (Å²) in [5, 5.41) is 0. The van der Waals surface area contributed by atoms with Gasteiger partial charge in [0.15, 0.2) is 17.5 Å². The van der Waals surface area contributed by atoms with Crippen LogP contribution in [0.2, 0.25) is 0 Å². The molecule has 0 radical (unpaired) electrons. The lowest BCUT2D eigenvalue weighted by Gasteiger charge is -2.16. The summed E-state index contributed by atoms with van der Waals surface area (Å²) in [5.41, 5.74) is 2.81. The Morgan fingerprint density at radius 1 is 1.15 bits per heavy atom. The van der Waals surface area contributed by atoms with E-state index in [2.05, 4.69) is 12.3 Å². The molecule has 0 aliphatic carbocycles. The van der Waals surface area contributed by atoms with Gasteiger partial charge < -0.3 is 0 Å². The van der Waals surface area contributed by atoms with Crippen LogP contribution in [0, 0.1) is 17.5 Å². The number of hydrogen-bond donors (Lipinski definition) is 2. The third-order valence-electron chi connectivity index (χ3n) is 3.08. The van der Waals surface area contributed by atoms with Gasteiger partial charge in [-0.2, -0.15) is 0 Å². The SMILES string of the molecule is CCc1ccc(CC(NN)c2cc(F)c(F)c(F)c2)s1. The Hall–Kier alpha value is -1.37. The third-order valence-corrected chi connectivity index (χ3v) is 4.33. The second-order valence-electron chi connectivity index (χ2n) is 4.44. The van der Waals surface area contributed by atoms with Crippen molar-refractivity contribution in [1.29, 1.82) is 0 Å². The summed E-state index contributed by atoms with van der Waals surface area (Å²) in [6.07, 6.45) is 1.43. The zero-order chi connectivity index (χ0) is 14.7. The Morgan fingerprint density at radius 3 is 2.25 bits per heavy atom. The van der Waals surface area contributed by atoms with Crippen LogP contribution in [-0.2, 0) is 12.8 Å². The first kappa shape index (κ1) is 15.0. The molecule has 1 heterocycles. The van der Waals surface area contributed by atoms with Crippen molar-refractivity contribution in [2.24, 2.45) is 5.84 Å². The molecule has 1 atom stereocenters. The van der Waals surface area contributed by atoms with E-state index < -0.39 is 23.5 Å². The maximum Gasteiger partial charge on any atom is 0.194 e. The van der Waals surface area contributed by atoms with E-state index in [0.717, 1.165) is 23.4 Å². The Morgan fingerprint density at radius 2 is 1.75 bits per heavy atom. The van der Waals surface area contributed by atoms with Crippen molar-refractivity contribution in [3.05, 3.63) is 57.0 Å². The minimum atomic E-state index is -1.46. The zero-order valence-electron chi connectivity index (χ0n) is 10.9. The second-order valence-corrected chi connectivity index (χ2v) is 5.70. The summed E-state index contributed by atoms with van der Waals surface area (Å²) in [7, 11) is 0. The maximum atomic E-state index is 13.3. The number of nitrogens with one attached hydrogen (secondary N) is 1. The molecule has 2 aromatic rings. The Labute approximate surface area is 119 Å². The fourth-order valence-corrected chi connectivity index (χ4v) is 2.98. The van der Waals surface area contributed by atoms with Crippen molar-refractivity contribution in [2.75, 3.05) is 0 Å². The lowest BCUT2D eigenvalue weighted by Crippen LogP contribution is -2.29. The Balaban J connectivity index is 2.23. The Bertz CT molecular complexity index is 575. The molecule has 0 aliphatic rings. The van der Waals surface area contributed by atoms with Crippen molar-refractivity contribution in [2.45, 2.75) is 25.8 Å². The first-order chi connectivity index (χ1) is 9.55. The van der Waals surface area contributed by atoms with E-state index in [4.69, 9.17) is 5.84 Å². The number of rotatable bonds is 5. The number of hydrogen-bond acceptors (Lipinski definition) is 3. The molecule has 0 saturated heterocycles. The minimum absolute atomic E-state index is 0.287. The standard InChI is InChI=1S/C14H15F3N2S/c1-2-9-3-4-10(20-9)7-13(19-18)8-5-11(15)14(17)12(16)6-8/h3-6,13,19H,2,7,18H2,1H3. The van der Waals surface area contributed by atoms with Gasteiger partial charge in [-0.1, -0.05) is 6.92 Å². The predicted molar refractivity (Wildman–Crippen MR) is 73.8 cm³/mol. The first-order valence-corrected chi connectivity index (χ1v) is 7.05. The molecule has 0 aliphatic heterocycles. The summed E-state index contributed by atoms with van der Waals surface area (Å²) >= 11 is 1.63. The van der Waals surface area contributed by atoms with Gasteiger partial charge in [0.1, 0.15) is 0 Å². The lowest BCUT2D eigenvalue weighted by molar-refractivity contribution is 0.439. The van der Waals surface area contributed by atoms with Gasteiger partial charge >= 0.3 is 0 Å². The minimum Gasteiger partial charge on any atom is -0.271 e. The van der Waals surface area contributed by atoms with Gasteiger partial charge in [0, 0.05) is 16.2 Å². The van der Waals surface area contributed by atoms with Crippen LogP contribution >= 0.6 is 11.3 Å². The topological polar surface area (TPSA) is 38.0 Å². The quantitative estimate of drug-likeness (QED) is 0.504. The Kier molecular flexibility index (Phi) is 4.80. The van der Waals surface area contributed by atoms with Crippen LogP contribution in [0.4, 0.5) is 13.2 Å². The summed E-state index contributed by atoms with van der Waals surface area (Å²) in [5.74, 6) is 1.57. The van der Waals surface area contributed by atoms with Crippen LogP contribution in [0.1, 0.15) is 28.3 Å². The second kappa shape index (κ2) is 6.39. The molecule has 0 bridgehead atoms. The summed E-state index contributed by atoms with van der Waals surface area (Å²) in [6.45, 7) is 2.05. The smallest absolute Gasteiger partial charge is 0.194 e. The number of nitrogens with two attached hydrogens (primary N) is 1. The van der Waals surface area contributed by atoms with Gasteiger partial charge in [-0.05, 0) is 36.2 Å². The average molecular weight is 300 g/mol. The molecule has 0 amide bonds. The highest BCUT2D eigenvalue weighted by Gasteiger charge is 2.17. The van der Waals surface area contributed by atoms with Crippen molar-refractivity contribution in [3.8, 4) is 0 Å². The van der Waals surface area contributed by atoms with Gasteiger partial charge in [0.25, 0.3) is 0 Å². The number of halogens is 3. The number of aryl methyl sites for hydroxylation is 1. The zero-order valence-corrected chi connectivity index (χ0v) is 11.7. The molecule has 108 valence electrons. The fourth-order valence-electron chi connectivity index (χ4n) is 1.97. The van der Waals surface area contributed by atoms with Crippen LogP contribution in [0.5, 0.6) is 0 Å². The molecule has 1 unspecified atom stereocenters. The van der Waals surface area contributed by atoms with Gasteiger partial charge in [0.05, 0.1) is 6.04 Å². The number of thiophene rings is 1. The molecular weight excluding hydrogens is 285 g/mol. The molecule has 3 N–H and O–H groups in total. The van der Waals surface area contributed by atoms with Crippen molar-refractivity contribution < 1.29 is 13.2 Å². The van der Waals surface area contributed by atoms with Crippen LogP contribution in [0.3, 0.4) is 0 Å². The highest BCUT2D eigenvalue weighted by atomic mass is 32.1. The van der Waals surface area contributed by atoms with E-state index in [1.54, 1.807) is 11.3 Å². The van der Waals surface area contributed by atoms with Crippen LogP contribution < -0.4 is 11.3 Å². The van der Waals surface area contributed by atoms with Gasteiger partial charge in [-0.25, -0.2) is 13.2 Å². The van der Waals surface area contributed by atoms with Crippen LogP contribution in [0.25, 0.3) is 0 Å². The molecule has 0 fully saturated rings. The van der Waals surface area contributed by atoms with Crippen molar-refractivity contribution in [1.82, 2.24) is 5.43 Å². The average Bonchev–Trinajstić information content (AvgIpc) is 2.89. The molecule has 0 saturated carbocycles. The van der Waals surface area contributed by atoms with E-state index in [1.807, 2.05) is 12.1 Å². The predicted octanol–water partition coefficient (Wildman–Crippen LogP) is 3.47. The molecule has 6 heteroatoms.